The molecule has 4 saturated carbocycles. The zero-order valence-electron chi connectivity index (χ0n) is 21.5. The number of carboxylic acids is 1. The van der Waals surface area contributed by atoms with Crippen LogP contribution in [0, 0.1) is 17.8 Å². The number of nitrogens with zero attached hydrogens (tertiary/aromatic N) is 1. The number of H-pyrrole nitrogens is 1. The van der Waals surface area contributed by atoms with E-state index < -0.39 is 14.0 Å². The lowest BCUT2D eigenvalue weighted by Crippen LogP contribution is -2.48. The predicted molar refractivity (Wildman–Crippen MR) is 145 cm³/mol. The Morgan fingerprint density at radius 3 is 2.17 bits per heavy atom. The molecular formula is C30H36N2O3Si. The smallest absolute Gasteiger partial charge is 0.335 e. The third-order valence-corrected chi connectivity index (χ3v) is 9.58. The molecule has 0 atom stereocenters. The van der Waals surface area contributed by atoms with Crippen LogP contribution in [0.25, 0.3) is 22.5 Å². The third kappa shape index (κ3) is 4.40. The van der Waals surface area contributed by atoms with Gasteiger partial charge in [-0.3, -0.25) is 5.10 Å². The van der Waals surface area contributed by atoms with Gasteiger partial charge in [0, 0.05) is 11.1 Å². The first kappa shape index (κ1) is 23.5. The van der Waals surface area contributed by atoms with E-state index in [1.54, 1.807) is 12.1 Å². The molecule has 2 N–H and O–H groups in total. The zero-order chi connectivity index (χ0) is 25.1. The largest absolute Gasteiger partial charge is 0.497 e. The number of aromatic nitrogens is 2. The van der Waals surface area contributed by atoms with E-state index >= 15 is 0 Å². The van der Waals surface area contributed by atoms with Gasteiger partial charge in [-0.1, -0.05) is 31.8 Å². The van der Waals surface area contributed by atoms with Crippen molar-refractivity contribution in [2.24, 2.45) is 17.8 Å². The highest BCUT2D eigenvalue weighted by atomic mass is 28.3. The van der Waals surface area contributed by atoms with Gasteiger partial charge in [0.1, 0.15) is 5.75 Å². The van der Waals surface area contributed by atoms with Crippen molar-refractivity contribution in [1.29, 1.82) is 0 Å². The summed E-state index contributed by atoms with van der Waals surface area (Å²) in [4.78, 5) is 11.2. The molecule has 36 heavy (non-hydrogen) atoms. The van der Waals surface area contributed by atoms with Gasteiger partial charge in [-0.15, -0.1) is 0 Å². The molecule has 4 aliphatic rings. The number of hydrogen-bond donors (Lipinski definition) is 2. The second kappa shape index (κ2) is 8.62. The highest BCUT2D eigenvalue weighted by molar-refractivity contribution is 6.76. The SMILES string of the molecule is C[Si](C)(C)COc1ccc(-c2cc(-c3ccc(C(=O)O)cc3)[nH]n2)cc1C12CC3CC(CC(C3)C1)C2. The first-order valence-corrected chi connectivity index (χ1v) is 17.1. The molecule has 0 aliphatic heterocycles. The summed E-state index contributed by atoms with van der Waals surface area (Å²) in [5.41, 5.74) is 5.78. The van der Waals surface area contributed by atoms with Crippen LogP contribution in [-0.2, 0) is 5.41 Å². The van der Waals surface area contributed by atoms with Gasteiger partial charge in [0.15, 0.2) is 0 Å². The van der Waals surface area contributed by atoms with Crippen LogP contribution in [0.15, 0.2) is 48.5 Å². The van der Waals surface area contributed by atoms with E-state index in [0.29, 0.717) is 0 Å². The van der Waals surface area contributed by atoms with Gasteiger partial charge in [0.25, 0.3) is 0 Å². The number of aromatic amines is 1. The summed E-state index contributed by atoms with van der Waals surface area (Å²) in [6.45, 7) is 7.08. The summed E-state index contributed by atoms with van der Waals surface area (Å²) in [6.07, 6.45) is 9.01. The van der Waals surface area contributed by atoms with Crippen molar-refractivity contribution in [2.45, 2.75) is 63.6 Å². The lowest BCUT2D eigenvalue weighted by molar-refractivity contribution is -0.00622. The van der Waals surface area contributed by atoms with Crippen molar-refractivity contribution < 1.29 is 14.6 Å². The highest BCUT2D eigenvalue weighted by Crippen LogP contribution is 2.62. The molecule has 3 aromatic rings. The average Bonchev–Trinajstić information content (AvgIpc) is 3.32. The predicted octanol–water partition coefficient (Wildman–Crippen LogP) is 7.17. The van der Waals surface area contributed by atoms with E-state index in [0.717, 1.165) is 52.2 Å². The molecule has 4 bridgehead atoms. The number of ether oxygens (including phenoxy) is 1. The molecule has 7 rings (SSSR count). The molecule has 0 unspecified atom stereocenters. The van der Waals surface area contributed by atoms with E-state index in [4.69, 9.17) is 4.74 Å². The maximum atomic E-state index is 11.2. The van der Waals surface area contributed by atoms with E-state index in [1.807, 2.05) is 12.1 Å². The zero-order valence-corrected chi connectivity index (χ0v) is 22.5. The Morgan fingerprint density at radius 2 is 1.58 bits per heavy atom. The van der Waals surface area contributed by atoms with Crippen LogP contribution < -0.4 is 4.74 Å². The molecule has 1 aromatic heterocycles. The fourth-order valence-electron chi connectivity index (χ4n) is 7.37. The van der Waals surface area contributed by atoms with Gasteiger partial charge < -0.3 is 9.84 Å². The minimum absolute atomic E-state index is 0.241. The Hall–Kier alpha value is -2.86. The summed E-state index contributed by atoms with van der Waals surface area (Å²) in [6, 6.07) is 15.7. The Balaban J connectivity index is 1.36. The molecule has 6 heteroatoms. The molecule has 0 amide bonds. The fourth-order valence-corrected chi connectivity index (χ4v) is 7.96. The summed E-state index contributed by atoms with van der Waals surface area (Å²) in [5, 5.41) is 17.0. The molecule has 0 spiro atoms. The van der Waals surface area contributed by atoms with Crippen LogP contribution in [0.4, 0.5) is 0 Å². The van der Waals surface area contributed by atoms with Crippen LogP contribution >= 0.6 is 0 Å². The Bertz CT molecular complexity index is 1250. The topological polar surface area (TPSA) is 75.2 Å². The standard InChI is InChI=1S/C30H36N2O3Si/c1-36(2,3)18-35-28-9-8-24(13-25(28)30-15-19-10-20(16-30)12-21(11-19)17-30)27-14-26(31-32-27)22-4-6-23(7-5-22)29(33)34/h4-9,13-14,19-21H,10-12,15-18H2,1-3H3,(H,31,32)(H,33,34). The summed E-state index contributed by atoms with van der Waals surface area (Å²) >= 11 is 0. The maximum Gasteiger partial charge on any atom is 0.335 e. The van der Waals surface area contributed by atoms with Crippen LogP contribution in [0.2, 0.25) is 19.6 Å². The second-order valence-electron chi connectivity index (χ2n) is 12.8. The average molecular weight is 501 g/mol. The van der Waals surface area contributed by atoms with Crippen molar-refractivity contribution in [3.63, 3.8) is 0 Å². The quantitative estimate of drug-likeness (QED) is 0.337. The Morgan fingerprint density at radius 1 is 0.972 bits per heavy atom. The number of rotatable bonds is 7. The van der Waals surface area contributed by atoms with Gasteiger partial charge in [-0.25, -0.2) is 4.79 Å². The van der Waals surface area contributed by atoms with Crippen molar-refractivity contribution in [3.8, 4) is 28.3 Å². The number of hydrogen-bond acceptors (Lipinski definition) is 3. The van der Waals surface area contributed by atoms with E-state index in [2.05, 4.69) is 54.1 Å². The number of benzene rings is 2. The maximum absolute atomic E-state index is 11.2. The number of aromatic carboxylic acids is 1. The molecule has 4 aliphatic carbocycles. The number of carboxylic acid groups (broad SMARTS) is 1. The van der Waals surface area contributed by atoms with Gasteiger partial charge in [-0.2, -0.15) is 5.10 Å². The minimum Gasteiger partial charge on any atom is -0.497 e. The Labute approximate surface area is 214 Å². The van der Waals surface area contributed by atoms with E-state index in [1.165, 1.54) is 44.1 Å². The van der Waals surface area contributed by atoms with Crippen LogP contribution in [0.1, 0.15) is 54.4 Å². The van der Waals surface area contributed by atoms with Crippen molar-refractivity contribution in [1.82, 2.24) is 10.2 Å². The first-order chi connectivity index (χ1) is 17.2. The normalized spacial score (nSPS) is 26.8. The Kier molecular flexibility index (Phi) is 5.63. The lowest BCUT2D eigenvalue weighted by atomic mass is 9.48. The molecule has 1 heterocycles. The minimum atomic E-state index is -1.35. The summed E-state index contributed by atoms with van der Waals surface area (Å²) in [7, 11) is -1.35. The summed E-state index contributed by atoms with van der Waals surface area (Å²) < 4.78 is 6.57. The molecule has 5 nitrogen and oxygen atoms in total. The second-order valence-corrected chi connectivity index (χ2v) is 18.2. The van der Waals surface area contributed by atoms with Crippen LogP contribution in [-0.4, -0.2) is 35.6 Å². The third-order valence-electron chi connectivity index (χ3n) is 8.57. The monoisotopic (exact) mass is 500 g/mol. The van der Waals surface area contributed by atoms with E-state index in [9.17, 15) is 9.90 Å². The van der Waals surface area contributed by atoms with Gasteiger partial charge >= 0.3 is 5.97 Å². The molecular weight excluding hydrogens is 464 g/mol. The molecule has 4 fully saturated rings. The van der Waals surface area contributed by atoms with Crippen molar-refractivity contribution in [2.75, 3.05) is 6.23 Å². The molecule has 0 radical (unpaired) electrons. The molecule has 188 valence electrons. The fraction of sp³-hybridized carbons (Fsp3) is 0.467. The van der Waals surface area contributed by atoms with Crippen LogP contribution in [0.3, 0.4) is 0 Å². The van der Waals surface area contributed by atoms with Crippen LogP contribution in [0.5, 0.6) is 5.75 Å². The first-order valence-electron chi connectivity index (χ1n) is 13.3. The summed E-state index contributed by atoms with van der Waals surface area (Å²) in [5.74, 6) is 2.78. The van der Waals surface area contributed by atoms with Crippen molar-refractivity contribution >= 4 is 14.0 Å². The number of nitrogens with one attached hydrogen (secondary N) is 1. The van der Waals surface area contributed by atoms with E-state index in [-0.39, 0.29) is 11.0 Å². The van der Waals surface area contributed by atoms with Gasteiger partial charge in [0.2, 0.25) is 0 Å². The van der Waals surface area contributed by atoms with Crippen molar-refractivity contribution in [3.05, 3.63) is 59.7 Å². The molecule has 0 saturated heterocycles. The highest BCUT2D eigenvalue weighted by Gasteiger charge is 2.52. The number of carbonyl (C=O) groups is 1. The molecule has 2 aromatic carbocycles. The lowest BCUT2D eigenvalue weighted by Gasteiger charge is -2.57. The van der Waals surface area contributed by atoms with Gasteiger partial charge in [0.05, 0.1) is 31.3 Å². The van der Waals surface area contributed by atoms with Gasteiger partial charge in [-0.05, 0) is 104 Å².